The molecule has 3 nitrogen and oxygen atoms in total. The van der Waals surface area contributed by atoms with Crippen LogP contribution in [-0.2, 0) is 9.53 Å². The first-order valence-corrected chi connectivity index (χ1v) is 5.88. The van der Waals surface area contributed by atoms with E-state index in [1.807, 2.05) is 30.3 Å². The summed E-state index contributed by atoms with van der Waals surface area (Å²) in [6, 6.07) is 9.70. The quantitative estimate of drug-likeness (QED) is 0.744. The van der Waals surface area contributed by atoms with Gasteiger partial charge in [-0.05, 0) is 18.6 Å². The molecule has 1 fully saturated rings. The van der Waals surface area contributed by atoms with Crippen molar-refractivity contribution >= 4 is 11.6 Å². The monoisotopic (exact) mass is 231 g/mol. The first-order valence-electron chi connectivity index (χ1n) is 5.88. The molecule has 1 amide bonds. The van der Waals surface area contributed by atoms with Crippen molar-refractivity contribution in [1.29, 1.82) is 0 Å². The van der Waals surface area contributed by atoms with Gasteiger partial charge in [-0.2, -0.15) is 0 Å². The molecule has 0 radical (unpaired) electrons. The highest BCUT2D eigenvalue weighted by atomic mass is 16.5. The second-order valence-electron chi connectivity index (χ2n) is 4.13. The van der Waals surface area contributed by atoms with Crippen molar-refractivity contribution in [2.45, 2.75) is 6.42 Å². The number of amides is 1. The summed E-state index contributed by atoms with van der Waals surface area (Å²) in [5.74, 6) is 0.128. The van der Waals surface area contributed by atoms with E-state index in [1.54, 1.807) is 11.0 Å². The summed E-state index contributed by atoms with van der Waals surface area (Å²) >= 11 is 0. The van der Waals surface area contributed by atoms with Crippen LogP contribution in [0.15, 0.2) is 43.0 Å². The zero-order valence-electron chi connectivity index (χ0n) is 9.84. The van der Waals surface area contributed by atoms with Crippen LogP contribution in [0.3, 0.4) is 0 Å². The number of benzene rings is 1. The van der Waals surface area contributed by atoms with Crippen LogP contribution in [0.2, 0.25) is 0 Å². The molecule has 90 valence electrons. The van der Waals surface area contributed by atoms with Crippen molar-refractivity contribution in [2.24, 2.45) is 5.92 Å². The van der Waals surface area contributed by atoms with Gasteiger partial charge in [-0.15, -0.1) is 6.58 Å². The highest BCUT2D eigenvalue weighted by Crippen LogP contribution is 2.21. The van der Waals surface area contributed by atoms with Gasteiger partial charge >= 0.3 is 0 Å². The summed E-state index contributed by atoms with van der Waals surface area (Å²) in [5, 5.41) is 0. The Balaban J connectivity index is 2.16. The summed E-state index contributed by atoms with van der Waals surface area (Å²) in [6.07, 6.45) is 2.57. The molecule has 0 saturated carbocycles. The van der Waals surface area contributed by atoms with Gasteiger partial charge < -0.3 is 9.64 Å². The molecule has 2 rings (SSSR count). The standard InChI is InChI=1S/C14H17NO2/c1-2-9-15(13-6-4-3-5-7-13)14(16)12-8-10-17-11-12/h2-7,12H,1,8-11H2. The van der Waals surface area contributed by atoms with Crippen LogP contribution in [0.4, 0.5) is 5.69 Å². The van der Waals surface area contributed by atoms with Crippen molar-refractivity contribution < 1.29 is 9.53 Å². The first-order chi connectivity index (χ1) is 8.33. The van der Waals surface area contributed by atoms with Crippen LogP contribution in [-0.4, -0.2) is 25.7 Å². The SMILES string of the molecule is C=CCN(C(=O)C1CCOC1)c1ccccc1. The molecule has 0 bridgehead atoms. The third kappa shape index (κ3) is 2.74. The lowest BCUT2D eigenvalue weighted by Crippen LogP contribution is -2.36. The molecular weight excluding hydrogens is 214 g/mol. The third-order valence-corrected chi connectivity index (χ3v) is 2.92. The van der Waals surface area contributed by atoms with Gasteiger partial charge in [0.1, 0.15) is 0 Å². The van der Waals surface area contributed by atoms with E-state index in [0.717, 1.165) is 12.1 Å². The van der Waals surface area contributed by atoms with Crippen LogP contribution in [0, 0.1) is 5.92 Å². The Labute approximate surface area is 102 Å². The highest BCUT2D eigenvalue weighted by molar-refractivity contribution is 5.95. The zero-order chi connectivity index (χ0) is 12.1. The van der Waals surface area contributed by atoms with Crippen LogP contribution < -0.4 is 4.90 Å². The minimum atomic E-state index is -0.00449. The van der Waals surface area contributed by atoms with E-state index in [2.05, 4.69) is 6.58 Å². The van der Waals surface area contributed by atoms with E-state index in [4.69, 9.17) is 4.74 Å². The van der Waals surface area contributed by atoms with Crippen molar-refractivity contribution in [3.05, 3.63) is 43.0 Å². The molecule has 1 aliphatic rings. The molecule has 1 aromatic rings. The second-order valence-corrected chi connectivity index (χ2v) is 4.13. The summed E-state index contributed by atoms with van der Waals surface area (Å²) in [6.45, 7) is 5.48. The number of carbonyl (C=O) groups excluding carboxylic acids is 1. The van der Waals surface area contributed by atoms with E-state index >= 15 is 0 Å². The molecule has 1 unspecified atom stereocenters. The Hall–Kier alpha value is -1.61. The Morgan fingerprint density at radius 2 is 2.24 bits per heavy atom. The maximum absolute atomic E-state index is 12.3. The molecule has 1 saturated heterocycles. The number of ether oxygens (including phenoxy) is 1. The summed E-state index contributed by atoms with van der Waals surface area (Å²) in [5.41, 5.74) is 0.921. The lowest BCUT2D eigenvalue weighted by atomic mass is 10.1. The maximum Gasteiger partial charge on any atom is 0.232 e. The minimum Gasteiger partial charge on any atom is -0.381 e. The van der Waals surface area contributed by atoms with E-state index in [9.17, 15) is 4.79 Å². The fourth-order valence-corrected chi connectivity index (χ4v) is 2.01. The molecule has 17 heavy (non-hydrogen) atoms. The van der Waals surface area contributed by atoms with Gasteiger partial charge in [0.15, 0.2) is 0 Å². The Morgan fingerprint density at radius 3 is 2.82 bits per heavy atom. The number of carbonyl (C=O) groups is 1. The van der Waals surface area contributed by atoms with E-state index < -0.39 is 0 Å². The van der Waals surface area contributed by atoms with Crippen LogP contribution in [0.25, 0.3) is 0 Å². The minimum absolute atomic E-state index is 0.00449. The normalized spacial score (nSPS) is 18.9. The molecule has 3 heteroatoms. The molecule has 0 spiro atoms. The molecular formula is C14H17NO2. The van der Waals surface area contributed by atoms with Crippen LogP contribution in [0.1, 0.15) is 6.42 Å². The van der Waals surface area contributed by atoms with Gasteiger partial charge in [-0.25, -0.2) is 0 Å². The van der Waals surface area contributed by atoms with Gasteiger partial charge in [0.25, 0.3) is 0 Å². The van der Waals surface area contributed by atoms with Crippen molar-refractivity contribution in [3.8, 4) is 0 Å². The summed E-state index contributed by atoms with van der Waals surface area (Å²) in [4.78, 5) is 14.1. The molecule has 0 aromatic heterocycles. The topological polar surface area (TPSA) is 29.5 Å². The fourth-order valence-electron chi connectivity index (χ4n) is 2.01. The van der Waals surface area contributed by atoms with Crippen molar-refractivity contribution in [2.75, 3.05) is 24.7 Å². The molecule has 1 heterocycles. The smallest absolute Gasteiger partial charge is 0.232 e. The molecule has 1 aliphatic heterocycles. The van der Waals surface area contributed by atoms with Gasteiger partial charge in [0, 0.05) is 18.8 Å². The Morgan fingerprint density at radius 1 is 1.47 bits per heavy atom. The lowest BCUT2D eigenvalue weighted by molar-refractivity contribution is -0.122. The predicted octanol–water partition coefficient (Wildman–Crippen LogP) is 2.24. The Bertz CT molecular complexity index is 382. The van der Waals surface area contributed by atoms with E-state index in [1.165, 1.54) is 0 Å². The van der Waals surface area contributed by atoms with Crippen LogP contribution in [0.5, 0.6) is 0 Å². The number of anilines is 1. The van der Waals surface area contributed by atoms with Gasteiger partial charge in [0.2, 0.25) is 5.91 Å². The van der Waals surface area contributed by atoms with Gasteiger partial charge in [-0.1, -0.05) is 24.3 Å². The average molecular weight is 231 g/mol. The molecule has 1 aromatic carbocycles. The number of para-hydroxylation sites is 1. The largest absolute Gasteiger partial charge is 0.381 e. The van der Waals surface area contributed by atoms with Crippen molar-refractivity contribution in [1.82, 2.24) is 0 Å². The number of rotatable bonds is 4. The predicted molar refractivity (Wildman–Crippen MR) is 67.9 cm³/mol. The zero-order valence-corrected chi connectivity index (χ0v) is 9.84. The number of nitrogens with zero attached hydrogens (tertiary/aromatic N) is 1. The lowest BCUT2D eigenvalue weighted by Gasteiger charge is -2.23. The second kappa shape index (κ2) is 5.64. The first kappa shape index (κ1) is 11.9. The third-order valence-electron chi connectivity index (χ3n) is 2.92. The van der Waals surface area contributed by atoms with Crippen LogP contribution >= 0.6 is 0 Å². The van der Waals surface area contributed by atoms with Crippen molar-refractivity contribution in [3.63, 3.8) is 0 Å². The Kier molecular flexibility index (Phi) is 3.94. The van der Waals surface area contributed by atoms with E-state index in [0.29, 0.717) is 19.8 Å². The molecule has 1 atom stereocenters. The van der Waals surface area contributed by atoms with Gasteiger partial charge in [-0.3, -0.25) is 4.79 Å². The molecule has 0 N–H and O–H groups in total. The summed E-state index contributed by atoms with van der Waals surface area (Å²) in [7, 11) is 0. The molecule has 0 aliphatic carbocycles. The maximum atomic E-state index is 12.3. The van der Waals surface area contributed by atoms with Gasteiger partial charge in [0.05, 0.1) is 12.5 Å². The summed E-state index contributed by atoms with van der Waals surface area (Å²) < 4.78 is 5.27. The van der Waals surface area contributed by atoms with E-state index in [-0.39, 0.29) is 11.8 Å². The highest BCUT2D eigenvalue weighted by Gasteiger charge is 2.28. The number of hydrogen-bond donors (Lipinski definition) is 0. The average Bonchev–Trinajstić information content (AvgIpc) is 2.90. The number of hydrogen-bond acceptors (Lipinski definition) is 2. The fraction of sp³-hybridized carbons (Fsp3) is 0.357.